The highest BCUT2D eigenvalue weighted by atomic mass is 19.1. The smallest absolute Gasteiger partial charge is 0.123 e. The summed E-state index contributed by atoms with van der Waals surface area (Å²) < 4.78 is 13.2. The van der Waals surface area contributed by atoms with Gasteiger partial charge < -0.3 is 5.73 Å². The van der Waals surface area contributed by atoms with Gasteiger partial charge in [-0.25, -0.2) is 4.39 Å². The van der Waals surface area contributed by atoms with Crippen LogP contribution in [0.3, 0.4) is 0 Å². The minimum Gasteiger partial charge on any atom is -0.327 e. The van der Waals surface area contributed by atoms with Crippen LogP contribution in [0.5, 0.6) is 0 Å². The summed E-state index contributed by atoms with van der Waals surface area (Å²) in [6.45, 7) is 4.07. The van der Waals surface area contributed by atoms with Crippen LogP contribution in [-0.4, -0.2) is 6.04 Å². The van der Waals surface area contributed by atoms with Gasteiger partial charge in [-0.3, -0.25) is 0 Å². The zero-order valence-electron chi connectivity index (χ0n) is 11.5. The van der Waals surface area contributed by atoms with E-state index in [0.29, 0.717) is 6.42 Å². The Balaban J connectivity index is 2.05. The SMILES string of the molecule is Cc1cccc(CC(N)Cc2cc(F)ccc2C)c1. The van der Waals surface area contributed by atoms with Crippen molar-refractivity contribution >= 4 is 0 Å². The van der Waals surface area contributed by atoms with Gasteiger partial charge in [0.2, 0.25) is 0 Å². The average Bonchev–Trinajstić information content (AvgIpc) is 2.34. The van der Waals surface area contributed by atoms with Crippen molar-refractivity contribution in [2.75, 3.05) is 0 Å². The van der Waals surface area contributed by atoms with Gasteiger partial charge in [0.05, 0.1) is 0 Å². The molecule has 100 valence electrons. The highest BCUT2D eigenvalue weighted by Crippen LogP contribution is 2.14. The summed E-state index contributed by atoms with van der Waals surface area (Å²) in [5.41, 5.74) is 10.8. The van der Waals surface area contributed by atoms with Gasteiger partial charge >= 0.3 is 0 Å². The molecule has 1 nitrogen and oxygen atoms in total. The molecule has 2 rings (SSSR count). The maximum atomic E-state index is 13.2. The number of rotatable bonds is 4. The minimum absolute atomic E-state index is 0.0160. The van der Waals surface area contributed by atoms with Crippen LogP contribution in [0.4, 0.5) is 4.39 Å². The van der Waals surface area contributed by atoms with Crippen LogP contribution in [-0.2, 0) is 12.8 Å². The lowest BCUT2D eigenvalue weighted by molar-refractivity contribution is 0.616. The predicted molar refractivity (Wildman–Crippen MR) is 77.7 cm³/mol. The monoisotopic (exact) mass is 257 g/mol. The van der Waals surface area contributed by atoms with Crippen molar-refractivity contribution in [3.8, 4) is 0 Å². The number of halogens is 1. The molecule has 2 heteroatoms. The molecule has 0 aliphatic heterocycles. The topological polar surface area (TPSA) is 26.0 Å². The van der Waals surface area contributed by atoms with Crippen LogP contribution >= 0.6 is 0 Å². The van der Waals surface area contributed by atoms with Gasteiger partial charge in [-0.1, -0.05) is 35.9 Å². The molecular formula is C17H20FN. The predicted octanol–water partition coefficient (Wildman–Crippen LogP) is 3.56. The van der Waals surface area contributed by atoms with E-state index in [2.05, 4.69) is 25.1 Å². The van der Waals surface area contributed by atoms with Gasteiger partial charge in [0.25, 0.3) is 0 Å². The molecular weight excluding hydrogens is 237 g/mol. The first kappa shape index (κ1) is 13.8. The maximum Gasteiger partial charge on any atom is 0.123 e. The van der Waals surface area contributed by atoms with E-state index in [-0.39, 0.29) is 11.9 Å². The molecule has 0 aromatic heterocycles. The van der Waals surface area contributed by atoms with Gasteiger partial charge in [0.15, 0.2) is 0 Å². The Morgan fingerprint density at radius 1 is 1.05 bits per heavy atom. The summed E-state index contributed by atoms with van der Waals surface area (Å²) in [6.07, 6.45) is 1.52. The third-order valence-corrected chi connectivity index (χ3v) is 3.37. The number of hydrogen-bond donors (Lipinski definition) is 1. The van der Waals surface area contributed by atoms with Crippen molar-refractivity contribution in [3.63, 3.8) is 0 Å². The summed E-state index contributed by atoms with van der Waals surface area (Å²) in [6, 6.07) is 13.3. The Kier molecular flexibility index (Phi) is 4.33. The molecule has 19 heavy (non-hydrogen) atoms. The molecule has 0 bridgehead atoms. The Bertz CT molecular complexity index is 563. The second-order valence-corrected chi connectivity index (χ2v) is 5.23. The normalized spacial score (nSPS) is 12.4. The zero-order valence-corrected chi connectivity index (χ0v) is 11.5. The van der Waals surface area contributed by atoms with E-state index in [1.165, 1.54) is 17.2 Å². The van der Waals surface area contributed by atoms with Crippen LogP contribution in [0, 0.1) is 19.7 Å². The first-order valence-corrected chi connectivity index (χ1v) is 6.61. The molecule has 0 saturated heterocycles. The molecule has 2 aromatic carbocycles. The van der Waals surface area contributed by atoms with E-state index in [1.807, 2.05) is 19.1 Å². The molecule has 2 N–H and O–H groups in total. The fourth-order valence-electron chi connectivity index (χ4n) is 2.36. The van der Waals surface area contributed by atoms with Crippen LogP contribution in [0.1, 0.15) is 22.3 Å². The number of benzene rings is 2. The van der Waals surface area contributed by atoms with Crippen molar-refractivity contribution in [3.05, 3.63) is 70.5 Å². The van der Waals surface area contributed by atoms with Gasteiger partial charge in [-0.15, -0.1) is 0 Å². The van der Waals surface area contributed by atoms with Gasteiger partial charge in [0.1, 0.15) is 5.82 Å². The Labute approximate surface area is 114 Å². The highest BCUT2D eigenvalue weighted by Gasteiger charge is 2.08. The largest absolute Gasteiger partial charge is 0.327 e. The molecule has 0 fully saturated rings. The molecule has 0 saturated carbocycles. The Morgan fingerprint density at radius 2 is 1.84 bits per heavy atom. The number of hydrogen-bond acceptors (Lipinski definition) is 1. The summed E-state index contributed by atoms with van der Waals surface area (Å²) in [5, 5.41) is 0. The third kappa shape index (κ3) is 3.90. The van der Waals surface area contributed by atoms with Crippen LogP contribution < -0.4 is 5.73 Å². The fraction of sp³-hybridized carbons (Fsp3) is 0.294. The van der Waals surface area contributed by atoms with Crippen LogP contribution in [0.25, 0.3) is 0 Å². The molecule has 0 amide bonds. The lowest BCUT2D eigenvalue weighted by Gasteiger charge is -2.14. The molecule has 0 heterocycles. The Morgan fingerprint density at radius 3 is 2.58 bits per heavy atom. The quantitative estimate of drug-likeness (QED) is 0.890. The van der Waals surface area contributed by atoms with E-state index in [9.17, 15) is 4.39 Å². The van der Waals surface area contributed by atoms with Gasteiger partial charge in [-0.2, -0.15) is 0 Å². The van der Waals surface area contributed by atoms with E-state index < -0.39 is 0 Å². The fourth-order valence-corrected chi connectivity index (χ4v) is 2.36. The average molecular weight is 257 g/mol. The van der Waals surface area contributed by atoms with Crippen LogP contribution in [0.15, 0.2) is 42.5 Å². The molecule has 0 radical (unpaired) electrons. The molecule has 0 spiro atoms. The van der Waals surface area contributed by atoms with E-state index in [0.717, 1.165) is 17.5 Å². The molecule has 0 aliphatic carbocycles. The van der Waals surface area contributed by atoms with Gasteiger partial charge in [-0.05, 0) is 55.5 Å². The third-order valence-electron chi connectivity index (χ3n) is 3.37. The molecule has 0 aliphatic rings. The summed E-state index contributed by atoms with van der Waals surface area (Å²) in [5.74, 6) is -0.191. The molecule has 1 atom stereocenters. The Hall–Kier alpha value is -1.67. The van der Waals surface area contributed by atoms with E-state index in [4.69, 9.17) is 5.73 Å². The van der Waals surface area contributed by atoms with Crippen molar-refractivity contribution in [2.24, 2.45) is 5.73 Å². The lowest BCUT2D eigenvalue weighted by Crippen LogP contribution is -2.26. The summed E-state index contributed by atoms with van der Waals surface area (Å²) in [7, 11) is 0. The zero-order chi connectivity index (χ0) is 13.8. The maximum absolute atomic E-state index is 13.2. The number of aryl methyl sites for hydroxylation is 2. The molecule has 2 aromatic rings. The number of nitrogens with two attached hydrogens (primary N) is 1. The second-order valence-electron chi connectivity index (χ2n) is 5.23. The molecule has 1 unspecified atom stereocenters. The van der Waals surface area contributed by atoms with E-state index >= 15 is 0 Å². The van der Waals surface area contributed by atoms with E-state index in [1.54, 1.807) is 6.07 Å². The van der Waals surface area contributed by atoms with Crippen molar-refractivity contribution < 1.29 is 4.39 Å². The van der Waals surface area contributed by atoms with Crippen molar-refractivity contribution in [2.45, 2.75) is 32.7 Å². The second kappa shape index (κ2) is 5.98. The minimum atomic E-state index is -0.191. The standard InChI is InChI=1S/C17H20FN/c1-12-4-3-5-14(8-12)9-17(19)11-15-10-16(18)7-6-13(15)2/h3-8,10,17H,9,11,19H2,1-2H3. The van der Waals surface area contributed by atoms with Crippen molar-refractivity contribution in [1.82, 2.24) is 0 Å². The van der Waals surface area contributed by atoms with Crippen molar-refractivity contribution in [1.29, 1.82) is 0 Å². The first-order chi connectivity index (χ1) is 9.04. The highest BCUT2D eigenvalue weighted by molar-refractivity contribution is 5.28. The summed E-state index contributed by atoms with van der Waals surface area (Å²) in [4.78, 5) is 0. The summed E-state index contributed by atoms with van der Waals surface area (Å²) >= 11 is 0. The first-order valence-electron chi connectivity index (χ1n) is 6.61. The van der Waals surface area contributed by atoms with Crippen LogP contribution in [0.2, 0.25) is 0 Å². The van der Waals surface area contributed by atoms with Gasteiger partial charge in [0, 0.05) is 6.04 Å². The lowest BCUT2D eigenvalue weighted by atomic mass is 9.96.